The third-order valence-corrected chi connectivity index (χ3v) is 20.4. The summed E-state index contributed by atoms with van der Waals surface area (Å²) < 4.78 is 23.9. The molecule has 1 amide bonds. The number of phosphoric acid groups is 1. The number of aliphatic hydroxyl groups excluding tert-OH is 1. The highest BCUT2D eigenvalue weighted by molar-refractivity contribution is 7.47. The van der Waals surface area contributed by atoms with E-state index in [9.17, 15) is 19.4 Å². The number of phosphoric ester groups is 1. The number of quaternary nitrogens is 1. The second-order valence-electron chi connectivity index (χ2n) is 29.9. The first-order valence-electron chi connectivity index (χ1n) is 41.2. The van der Waals surface area contributed by atoms with Gasteiger partial charge in [0.1, 0.15) is 13.2 Å². The van der Waals surface area contributed by atoms with Gasteiger partial charge < -0.3 is 19.8 Å². The number of hydrogen-bond acceptors (Lipinski definition) is 5. The lowest BCUT2D eigenvalue weighted by Crippen LogP contribution is -2.45. The Balaban J connectivity index is 3.90. The monoisotopic (exact) mass is 1300 g/mol. The molecular weight excluding hydrogens is 1140 g/mol. The van der Waals surface area contributed by atoms with Gasteiger partial charge in [-0.15, -0.1) is 0 Å². The highest BCUT2D eigenvalue weighted by Gasteiger charge is 2.28. The molecule has 91 heavy (non-hydrogen) atoms. The molecule has 3 unspecified atom stereocenters. The van der Waals surface area contributed by atoms with Crippen molar-refractivity contribution in [3.8, 4) is 0 Å². The summed E-state index contributed by atoms with van der Waals surface area (Å²) in [5, 5.41) is 14.0. The Kier molecular flexibility index (Phi) is 72.4. The first kappa shape index (κ1) is 90.0. The number of aliphatic hydroxyl groups is 1. The number of carbonyl (C=O) groups is 1. The Hall–Kier alpha value is -1.02. The SMILES string of the molecule is CCCCCCCCCCCCCCCCCCCCCCCC/C=C/CC/C=C/C(O)C(COP(=O)(O)OCC[N+](C)(C)C)NC(=O)CCCCCCCCCCCCCCCCCCCCCCCCCCCCCCCCCCCCCCCCCCC. The van der Waals surface area contributed by atoms with E-state index in [0.29, 0.717) is 17.4 Å². The molecule has 0 rings (SSSR count). The predicted molar refractivity (Wildman–Crippen MR) is 402 cm³/mol. The molecule has 9 heteroatoms. The van der Waals surface area contributed by atoms with E-state index in [1.54, 1.807) is 6.08 Å². The molecule has 0 spiro atoms. The van der Waals surface area contributed by atoms with Gasteiger partial charge in [0.25, 0.3) is 0 Å². The molecule has 0 radical (unpaired) electrons. The number of nitrogens with zero attached hydrogens (tertiary/aromatic N) is 1. The van der Waals surface area contributed by atoms with Gasteiger partial charge in [0.2, 0.25) is 5.91 Å². The molecule has 0 aliphatic heterocycles. The van der Waals surface area contributed by atoms with Crippen LogP contribution < -0.4 is 5.32 Å². The molecule has 0 bridgehead atoms. The Labute approximate surface area is 570 Å². The maximum Gasteiger partial charge on any atom is 0.472 e. The van der Waals surface area contributed by atoms with Gasteiger partial charge in [-0.25, -0.2) is 4.57 Å². The van der Waals surface area contributed by atoms with Crippen molar-refractivity contribution in [2.75, 3.05) is 40.9 Å². The lowest BCUT2D eigenvalue weighted by molar-refractivity contribution is -0.870. The quantitative estimate of drug-likeness (QED) is 0.0243. The summed E-state index contributed by atoms with van der Waals surface area (Å²) in [6.45, 7) is 4.87. The molecule has 8 nitrogen and oxygen atoms in total. The fourth-order valence-electron chi connectivity index (χ4n) is 13.1. The van der Waals surface area contributed by atoms with Crippen LogP contribution in [0.5, 0.6) is 0 Å². The average Bonchev–Trinajstić information content (AvgIpc) is 3.73. The van der Waals surface area contributed by atoms with Crippen LogP contribution in [0.25, 0.3) is 0 Å². The highest BCUT2D eigenvalue weighted by atomic mass is 31.2. The lowest BCUT2D eigenvalue weighted by Gasteiger charge is -2.25. The largest absolute Gasteiger partial charge is 0.472 e. The molecule has 0 aromatic carbocycles. The number of allylic oxidation sites excluding steroid dienone is 3. The summed E-state index contributed by atoms with van der Waals surface area (Å²) in [6, 6.07) is -0.863. The van der Waals surface area contributed by atoms with Crippen LogP contribution >= 0.6 is 7.82 Å². The van der Waals surface area contributed by atoms with E-state index in [4.69, 9.17) is 9.05 Å². The van der Waals surface area contributed by atoms with Gasteiger partial charge in [0.05, 0.1) is 39.9 Å². The number of rotatable bonds is 78. The van der Waals surface area contributed by atoms with Crippen LogP contribution in [0.15, 0.2) is 24.3 Å². The van der Waals surface area contributed by atoms with Crippen LogP contribution in [0.3, 0.4) is 0 Å². The van der Waals surface area contributed by atoms with Crippen LogP contribution in [-0.2, 0) is 18.4 Å². The van der Waals surface area contributed by atoms with Crippen LogP contribution in [0.2, 0.25) is 0 Å². The fraction of sp³-hybridized carbons (Fsp3) is 0.939. The Morgan fingerprint density at radius 2 is 0.604 bits per heavy atom. The van der Waals surface area contributed by atoms with Crippen molar-refractivity contribution in [1.82, 2.24) is 5.32 Å². The van der Waals surface area contributed by atoms with E-state index in [0.717, 1.165) is 38.5 Å². The van der Waals surface area contributed by atoms with Crippen LogP contribution in [0, 0.1) is 0 Å². The van der Waals surface area contributed by atoms with Gasteiger partial charge in [0.15, 0.2) is 0 Å². The van der Waals surface area contributed by atoms with Gasteiger partial charge >= 0.3 is 7.82 Å². The Morgan fingerprint density at radius 1 is 0.363 bits per heavy atom. The van der Waals surface area contributed by atoms with Gasteiger partial charge in [0, 0.05) is 6.42 Å². The minimum Gasteiger partial charge on any atom is -0.387 e. The van der Waals surface area contributed by atoms with Crippen molar-refractivity contribution in [3.05, 3.63) is 24.3 Å². The van der Waals surface area contributed by atoms with E-state index in [1.807, 2.05) is 27.2 Å². The third-order valence-electron chi connectivity index (χ3n) is 19.4. The van der Waals surface area contributed by atoms with Gasteiger partial charge in [-0.1, -0.05) is 430 Å². The summed E-state index contributed by atoms with van der Waals surface area (Å²) in [5.74, 6) is -0.176. The van der Waals surface area contributed by atoms with Crippen molar-refractivity contribution < 1.29 is 32.9 Å². The standard InChI is InChI=1S/C82H163N2O6P/c1-6-8-10-12-14-16-18-20-22-24-26-28-30-32-34-36-37-38-39-40-41-42-43-44-45-46-47-48-50-52-54-56-58-60-62-64-66-68-70-72-74-76-82(86)83-80(79-90-91(87,88)89-78-77-84(3,4)5)81(85)75-73-71-69-67-65-63-61-59-57-55-53-51-49-35-33-31-29-27-25-23-21-19-17-15-13-11-9-7-2/h65,67,73,75,80-81,85H,6-64,66,68-72,74,76-79H2,1-5H3,(H-,83,86,87,88)/p+1/b67-65+,75-73+. The minimum absolute atomic E-state index is 0.0592. The zero-order valence-corrected chi connectivity index (χ0v) is 63.3. The lowest BCUT2D eigenvalue weighted by atomic mass is 10.0. The smallest absolute Gasteiger partial charge is 0.387 e. The molecule has 542 valence electrons. The summed E-state index contributed by atoms with van der Waals surface area (Å²) in [5.41, 5.74) is 0. The van der Waals surface area contributed by atoms with Crippen molar-refractivity contribution in [3.63, 3.8) is 0 Å². The zero-order chi connectivity index (χ0) is 66.2. The molecule has 0 saturated carbocycles. The molecule has 0 saturated heterocycles. The minimum atomic E-state index is -4.36. The van der Waals surface area contributed by atoms with Crippen LogP contribution in [-0.4, -0.2) is 73.4 Å². The second-order valence-corrected chi connectivity index (χ2v) is 31.3. The number of unbranched alkanes of at least 4 members (excludes halogenated alkanes) is 63. The van der Waals surface area contributed by atoms with E-state index < -0.39 is 20.0 Å². The molecule has 0 aliphatic carbocycles. The topological polar surface area (TPSA) is 105 Å². The Morgan fingerprint density at radius 3 is 0.879 bits per heavy atom. The second kappa shape index (κ2) is 73.2. The predicted octanol–water partition coefficient (Wildman–Crippen LogP) is 27.0. The third kappa shape index (κ3) is 76.2. The number of carbonyl (C=O) groups excluding carboxylic acids is 1. The van der Waals surface area contributed by atoms with E-state index in [1.165, 1.54) is 385 Å². The molecule has 0 aromatic rings. The molecular formula is C82H164N2O6P+. The number of nitrogens with one attached hydrogen (secondary N) is 1. The maximum absolute atomic E-state index is 13.1. The van der Waals surface area contributed by atoms with Gasteiger partial charge in [-0.2, -0.15) is 0 Å². The molecule has 0 fully saturated rings. The van der Waals surface area contributed by atoms with E-state index >= 15 is 0 Å². The zero-order valence-electron chi connectivity index (χ0n) is 62.4. The molecule has 3 N–H and O–H groups in total. The van der Waals surface area contributed by atoms with Gasteiger partial charge in [-0.3, -0.25) is 13.8 Å². The molecule has 0 aliphatic rings. The number of hydrogen-bond donors (Lipinski definition) is 3. The number of likely N-dealkylation sites (N-methyl/N-ethyl adjacent to an activating group) is 1. The Bertz CT molecular complexity index is 1530. The van der Waals surface area contributed by atoms with E-state index in [-0.39, 0.29) is 19.1 Å². The van der Waals surface area contributed by atoms with Crippen molar-refractivity contribution in [2.24, 2.45) is 0 Å². The summed E-state index contributed by atoms with van der Waals surface area (Å²) in [7, 11) is 1.58. The number of amides is 1. The summed E-state index contributed by atoms with van der Waals surface area (Å²) in [4.78, 5) is 23.5. The normalized spacial score (nSPS) is 13.5. The summed E-state index contributed by atoms with van der Waals surface area (Å²) in [6.07, 6.45) is 98.3. The molecule has 3 atom stereocenters. The summed E-state index contributed by atoms with van der Waals surface area (Å²) >= 11 is 0. The first-order valence-corrected chi connectivity index (χ1v) is 42.7. The van der Waals surface area contributed by atoms with Gasteiger partial charge in [-0.05, 0) is 32.1 Å². The van der Waals surface area contributed by atoms with Crippen LogP contribution in [0.4, 0.5) is 0 Å². The fourth-order valence-corrected chi connectivity index (χ4v) is 13.8. The molecule has 0 aromatic heterocycles. The van der Waals surface area contributed by atoms with E-state index in [2.05, 4.69) is 31.3 Å². The first-order chi connectivity index (χ1) is 44.5. The average molecular weight is 1310 g/mol. The maximum atomic E-state index is 13.1. The van der Waals surface area contributed by atoms with Crippen molar-refractivity contribution in [1.29, 1.82) is 0 Å². The van der Waals surface area contributed by atoms with Crippen molar-refractivity contribution >= 4 is 13.7 Å². The molecule has 0 heterocycles. The van der Waals surface area contributed by atoms with Crippen LogP contribution in [0.1, 0.15) is 444 Å². The highest BCUT2D eigenvalue weighted by Crippen LogP contribution is 2.43. The van der Waals surface area contributed by atoms with Crippen molar-refractivity contribution in [2.45, 2.75) is 456 Å².